The van der Waals surface area contributed by atoms with Crippen LogP contribution in [0, 0.1) is 23.1 Å². The van der Waals surface area contributed by atoms with Crippen LogP contribution in [-0.4, -0.2) is 17.3 Å². The van der Waals surface area contributed by atoms with Crippen LogP contribution in [0.25, 0.3) is 0 Å². The summed E-state index contributed by atoms with van der Waals surface area (Å²) in [5, 5.41) is 22.5. The monoisotopic (exact) mass is 262 g/mol. The zero-order chi connectivity index (χ0) is 13.9. The standard InChI is InChI=1S/C15H19FN2O/c1-11-4-6-15(19,7-5-11)10-18-14-3-2-13(16)8-12(14)9-17/h2-3,8,11,18-19H,4-7,10H2,1H3. The van der Waals surface area contributed by atoms with Gasteiger partial charge in [-0.15, -0.1) is 0 Å². The zero-order valence-corrected chi connectivity index (χ0v) is 11.1. The first-order valence-corrected chi connectivity index (χ1v) is 6.68. The number of hydrogen-bond acceptors (Lipinski definition) is 3. The number of anilines is 1. The largest absolute Gasteiger partial charge is 0.388 e. The van der Waals surface area contributed by atoms with Gasteiger partial charge in [-0.1, -0.05) is 6.92 Å². The predicted octanol–water partition coefficient (Wildman–Crippen LogP) is 3.05. The van der Waals surface area contributed by atoms with E-state index in [-0.39, 0.29) is 5.56 Å². The van der Waals surface area contributed by atoms with Crippen LogP contribution in [-0.2, 0) is 0 Å². The number of nitrogens with one attached hydrogen (secondary N) is 1. The van der Waals surface area contributed by atoms with Gasteiger partial charge in [-0.05, 0) is 49.8 Å². The van der Waals surface area contributed by atoms with Crippen molar-refractivity contribution in [3.8, 4) is 6.07 Å². The maximum Gasteiger partial charge on any atom is 0.124 e. The summed E-state index contributed by atoms with van der Waals surface area (Å²) in [5.41, 5.74) is 0.136. The number of nitrogens with zero attached hydrogens (tertiary/aromatic N) is 1. The molecule has 0 unspecified atom stereocenters. The lowest BCUT2D eigenvalue weighted by atomic mass is 9.79. The zero-order valence-electron chi connectivity index (χ0n) is 11.1. The van der Waals surface area contributed by atoms with E-state index in [1.165, 1.54) is 12.1 Å². The molecule has 0 heterocycles. The molecule has 1 aliphatic carbocycles. The quantitative estimate of drug-likeness (QED) is 0.880. The molecule has 1 saturated carbocycles. The van der Waals surface area contributed by atoms with Gasteiger partial charge in [0.2, 0.25) is 0 Å². The maximum atomic E-state index is 13.0. The molecule has 2 rings (SSSR count). The summed E-state index contributed by atoms with van der Waals surface area (Å²) in [6, 6.07) is 6.02. The SMILES string of the molecule is CC1CCC(O)(CNc2ccc(F)cc2C#N)CC1. The molecule has 0 aromatic heterocycles. The topological polar surface area (TPSA) is 56.0 Å². The molecule has 0 amide bonds. The third-order valence-electron chi connectivity index (χ3n) is 3.91. The van der Waals surface area contributed by atoms with Crippen molar-refractivity contribution in [2.75, 3.05) is 11.9 Å². The molecule has 0 aliphatic heterocycles. The Hall–Kier alpha value is -1.60. The van der Waals surface area contributed by atoms with Crippen LogP contribution in [0.5, 0.6) is 0 Å². The van der Waals surface area contributed by atoms with Crippen molar-refractivity contribution in [1.82, 2.24) is 0 Å². The minimum atomic E-state index is -0.715. The van der Waals surface area contributed by atoms with Crippen LogP contribution in [0.4, 0.5) is 10.1 Å². The second-order valence-electron chi connectivity index (χ2n) is 5.56. The van der Waals surface area contributed by atoms with Gasteiger partial charge in [0, 0.05) is 6.54 Å². The highest BCUT2D eigenvalue weighted by Gasteiger charge is 2.31. The number of benzene rings is 1. The smallest absolute Gasteiger partial charge is 0.124 e. The fourth-order valence-electron chi connectivity index (χ4n) is 2.50. The van der Waals surface area contributed by atoms with Crippen LogP contribution in [0.1, 0.15) is 38.2 Å². The van der Waals surface area contributed by atoms with E-state index >= 15 is 0 Å². The van der Waals surface area contributed by atoms with Gasteiger partial charge in [0.1, 0.15) is 11.9 Å². The lowest BCUT2D eigenvalue weighted by Crippen LogP contribution is -2.40. The molecule has 1 aliphatic rings. The summed E-state index contributed by atoms with van der Waals surface area (Å²) in [6.07, 6.45) is 3.58. The first-order valence-electron chi connectivity index (χ1n) is 6.68. The van der Waals surface area contributed by atoms with Crippen molar-refractivity contribution in [2.24, 2.45) is 5.92 Å². The maximum absolute atomic E-state index is 13.0. The Morgan fingerprint density at radius 1 is 1.47 bits per heavy atom. The predicted molar refractivity (Wildman–Crippen MR) is 72.2 cm³/mol. The Morgan fingerprint density at radius 3 is 2.79 bits per heavy atom. The highest BCUT2D eigenvalue weighted by molar-refractivity contribution is 5.57. The Bertz CT molecular complexity index is 487. The minimum absolute atomic E-state index is 0.271. The summed E-state index contributed by atoms with van der Waals surface area (Å²) >= 11 is 0. The third kappa shape index (κ3) is 3.45. The van der Waals surface area contributed by atoms with E-state index in [1.807, 2.05) is 6.07 Å². The van der Waals surface area contributed by atoms with E-state index in [1.54, 1.807) is 6.07 Å². The molecule has 102 valence electrons. The van der Waals surface area contributed by atoms with Crippen molar-refractivity contribution in [2.45, 2.75) is 38.2 Å². The number of hydrogen-bond donors (Lipinski definition) is 2. The molecule has 0 atom stereocenters. The van der Waals surface area contributed by atoms with Crippen molar-refractivity contribution in [1.29, 1.82) is 5.26 Å². The van der Waals surface area contributed by atoms with Crippen LogP contribution in [0.15, 0.2) is 18.2 Å². The number of halogens is 1. The fraction of sp³-hybridized carbons (Fsp3) is 0.533. The molecular weight excluding hydrogens is 243 g/mol. The fourth-order valence-corrected chi connectivity index (χ4v) is 2.50. The molecule has 3 nitrogen and oxygen atoms in total. The molecule has 0 bridgehead atoms. The number of nitriles is 1. The third-order valence-corrected chi connectivity index (χ3v) is 3.91. The normalized spacial score (nSPS) is 26.7. The molecular formula is C15H19FN2O. The van der Waals surface area contributed by atoms with Gasteiger partial charge >= 0.3 is 0 Å². The van der Waals surface area contributed by atoms with E-state index in [4.69, 9.17) is 5.26 Å². The molecule has 0 saturated heterocycles. The van der Waals surface area contributed by atoms with E-state index in [9.17, 15) is 9.50 Å². The summed E-state index contributed by atoms with van der Waals surface area (Å²) in [7, 11) is 0. The molecule has 1 aromatic rings. The van der Waals surface area contributed by atoms with Gasteiger partial charge in [-0.3, -0.25) is 0 Å². The molecule has 1 fully saturated rings. The van der Waals surface area contributed by atoms with Crippen LogP contribution in [0.2, 0.25) is 0 Å². The van der Waals surface area contributed by atoms with Gasteiger partial charge in [0.25, 0.3) is 0 Å². The van der Waals surface area contributed by atoms with Crippen molar-refractivity contribution >= 4 is 5.69 Å². The highest BCUT2D eigenvalue weighted by atomic mass is 19.1. The van der Waals surface area contributed by atoms with Gasteiger partial charge in [0.15, 0.2) is 0 Å². The molecule has 1 aromatic carbocycles. The van der Waals surface area contributed by atoms with Crippen LogP contribution < -0.4 is 5.32 Å². The average molecular weight is 262 g/mol. The summed E-state index contributed by atoms with van der Waals surface area (Å²) in [4.78, 5) is 0. The first-order chi connectivity index (χ1) is 9.02. The number of rotatable bonds is 3. The highest BCUT2D eigenvalue weighted by Crippen LogP contribution is 2.32. The Balaban J connectivity index is 2.01. The Morgan fingerprint density at radius 2 is 2.16 bits per heavy atom. The van der Waals surface area contributed by atoms with Gasteiger partial charge in [-0.25, -0.2) is 4.39 Å². The lowest BCUT2D eigenvalue weighted by molar-refractivity contribution is 0.00501. The van der Waals surface area contributed by atoms with Crippen molar-refractivity contribution in [3.63, 3.8) is 0 Å². The Labute approximate surface area is 113 Å². The summed E-state index contributed by atoms with van der Waals surface area (Å²) in [6.45, 7) is 2.60. The van der Waals surface area contributed by atoms with E-state index in [0.717, 1.165) is 25.7 Å². The molecule has 2 N–H and O–H groups in total. The first kappa shape index (κ1) is 13.8. The van der Waals surface area contributed by atoms with Gasteiger partial charge < -0.3 is 10.4 Å². The second kappa shape index (κ2) is 5.58. The van der Waals surface area contributed by atoms with E-state index in [0.29, 0.717) is 18.2 Å². The summed E-state index contributed by atoms with van der Waals surface area (Å²) < 4.78 is 13.0. The molecule has 0 spiro atoms. The van der Waals surface area contributed by atoms with Gasteiger partial charge in [-0.2, -0.15) is 5.26 Å². The van der Waals surface area contributed by atoms with E-state index in [2.05, 4.69) is 12.2 Å². The van der Waals surface area contributed by atoms with Crippen LogP contribution in [0.3, 0.4) is 0 Å². The van der Waals surface area contributed by atoms with Crippen LogP contribution >= 0.6 is 0 Å². The average Bonchev–Trinajstić information content (AvgIpc) is 2.41. The molecule has 19 heavy (non-hydrogen) atoms. The summed E-state index contributed by atoms with van der Waals surface area (Å²) in [5.74, 6) is 0.244. The Kier molecular flexibility index (Phi) is 4.06. The second-order valence-corrected chi connectivity index (χ2v) is 5.56. The lowest BCUT2D eigenvalue weighted by Gasteiger charge is -2.35. The number of aliphatic hydroxyl groups is 1. The van der Waals surface area contributed by atoms with E-state index < -0.39 is 11.4 Å². The minimum Gasteiger partial charge on any atom is -0.388 e. The molecule has 0 radical (unpaired) electrons. The molecule has 4 heteroatoms. The van der Waals surface area contributed by atoms with Crippen molar-refractivity contribution < 1.29 is 9.50 Å². The van der Waals surface area contributed by atoms with Gasteiger partial charge in [0.05, 0.1) is 16.9 Å². The van der Waals surface area contributed by atoms with Crippen molar-refractivity contribution in [3.05, 3.63) is 29.6 Å².